The van der Waals surface area contributed by atoms with Gasteiger partial charge in [0.15, 0.2) is 0 Å². The molecule has 7 nitrogen and oxygen atoms in total. The van der Waals surface area contributed by atoms with Crippen molar-refractivity contribution in [2.75, 3.05) is 11.9 Å². The summed E-state index contributed by atoms with van der Waals surface area (Å²) < 4.78 is 31.7. The van der Waals surface area contributed by atoms with Crippen molar-refractivity contribution in [1.29, 1.82) is 0 Å². The molecule has 0 bridgehead atoms. The number of carbonyl (C=O) groups excluding carboxylic acids is 1. The zero-order valence-corrected chi connectivity index (χ0v) is 14.7. The number of hydrogen-bond donors (Lipinski definition) is 2. The summed E-state index contributed by atoms with van der Waals surface area (Å²) in [6.07, 6.45) is 0. The van der Waals surface area contributed by atoms with Crippen molar-refractivity contribution < 1.29 is 17.6 Å². The molecule has 134 valence electrons. The Morgan fingerprint density at radius 2 is 1.77 bits per heavy atom. The van der Waals surface area contributed by atoms with Gasteiger partial charge in [0.25, 0.3) is 0 Å². The minimum atomic E-state index is -3.82. The van der Waals surface area contributed by atoms with Crippen LogP contribution in [0.25, 0.3) is 11.0 Å². The van der Waals surface area contributed by atoms with Gasteiger partial charge >= 0.3 is 5.63 Å². The van der Waals surface area contributed by atoms with Crippen LogP contribution in [0, 0.1) is 6.92 Å². The van der Waals surface area contributed by atoms with Crippen LogP contribution in [0.3, 0.4) is 0 Å². The third kappa shape index (κ3) is 3.98. The van der Waals surface area contributed by atoms with E-state index in [0.717, 1.165) is 5.56 Å². The van der Waals surface area contributed by atoms with Crippen molar-refractivity contribution in [3.63, 3.8) is 0 Å². The highest BCUT2D eigenvalue weighted by Gasteiger charge is 2.16. The van der Waals surface area contributed by atoms with Gasteiger partial charge in [0.1, 0.15) is 11.3 Å². The molecule has 0 aliphatic carbocycles. The number of nitrogens with one attached hydrogen (secondary N) is 2. The number of anilines is 1. The molecule has 1 heterocycles. The Balaban J connectivity index is 1.70. The zero-order chi connectivity index (χ0) is 18.7. The van der Waals surface area contributed by atoms with E-state index in [-0.39, 0.29) is 10.6 Å². The molecular weight excluding hydrogens is 356 g/mol. The van der Waals surface area contributed by atoms with Crippen molar-refractivity contribution in [3.05, 3.63) is 70.6 Å². The average Bonchev–Trinajstić information content (AvgIpc) is 2.61. The third-order valence-corrected chi connectivity index (χ3v) is 5.09. The number of para-hydroxylation sites is 1. The lowest BCUT2D eigenvalue weighted by Gasteiger charge is -2.08. The molecular formula is C18H16N2O5S. The van der Waals surface area contributed by atoms with Gasteiger partial charge in [0.2, 0.25) is 15.9 Å². The van der Waals surface area contributed by atoms with E-state index in [0.29, 0.717) is 11.0 Å². The van der Waals surface area contributed by atoms with Crippen molar-refractivity contribution in [3.8, 4) is 0 Å². The molecule has 0 atom stereocenters. The summed E-state index contributed by atoms with van der Waals surface area (Å²) in [4.78, 5) is 24.0. The molecule has 8 heteroatoms. The quantitative estimate of drug-likeness (QED) is 0.667. The molecule has 0 unspecified atom stereocenters. The molecule has 1 amide bonds. The van der Waals surface area contributed by atoms with Crippen LogP contribution in [0.15, 0.2) is 68.7 Å². The SMILES string of the molecule is Cc1ccc(S(=O)(=O)NCC(=O)Nc2cc3ccccc3oc2=O)cc1. The van der Waals surface area contributed by atoms with E-state index in [1.807, 2.05) is 6.92 Å². The first-order chi connectivity index (χ1) is 12.3. The van der Waals surface area contributed by atoms with Crippen LogP contribution in [-0.4, -0.2) is 20.9 Å². The van der Waals surface area contributed by atoms with E-state index < -0.39 is 28.1 Å². The predicted octanol–water partition coefficient (Wildman–Crippen LogP) is 2.02. The molecule has 0 spiro atoms. The molecule has 3 rings (SSSR count). The van der Waals surface area contributed by atoms with Gasteiger partial charge in [-0.1, -0.05) is 35.9 Å². The van der Waals surface area contributed by atoms with Gasteiger partial charge in [-0.05, 0) is 31.2 Å². The Kier molecular flexibility index (Phi) is 4.88. The van der Waals surface area contributed by atoms with Gasteiger partial charge in [0, 0.05) is 5.39 Å². The maximum Gasteiger partial charge on any atom is 0.360 e. The van der Waals surface area contributed by atoms with Gasteiger partial charge in [-0.3, -0.25) is 4.79 Å². The molecule has 0 fully saturated rings. The molecule has 0 aliphatic heterocycles. The van der Waals surface area contributed by atoms with E-state index in [1.165, 1.54) is 18.2 Å². The summed E-state index contributed by atoms with van der Waals surface area (Å²) in [5, 5.41) is 3.00. The number of fused-ring (bicyclic) bond motifs is 1. The lowest BCUT2D eigenvalue weighted by molar-refractivity contribution is -0.115. The largest absolute Gasteiger partial charge is 0.421 e. The lowest BCUT2D eigenvalue weighted by atomic mass is 10.2. The van der Waals surface area contributed by atoms with Crippen LogP contribution in [0.2, 0.25) is 0 Å². The average molecular weight is 372 g/mol. The van der Waals surface area contributed by atoms with Crippen LogP contribution in [0.1, 0.15) is 5.56 Å². The number of hydrogen-bond acceptors (Lipinski definition) is 5. The van der Waals surface area contributed by atoms with Crippen LogP contribution in [0.5, 0.6) is 0 Å². The maximum absolute atomic E-state index is 12.2. The highest BCUT2D eigenvalue weighted by molar-refractivity contribution is 7.89. The van der Waals surface area contributed by atoms with Crippen LogP contribution in [0.4, 0.5) is 5.69 Å². The molecule has 0 radical (unpaired) electrons. The number of aryl methyl sites for hydroxylation is 1. The number of amides is 1. The van der Waals surface area contributed by atoms with Gasteiger partial charge in [0.05, 0.1) is 11.4 Å². The lowest BCUT2D eigenvalue weighted by Crippen LogP contribution is -2.33. The number of sulfonamides is 1. The molecule has 0 aliphatic rings. The number of carbonyl (C=O) groups is 1. The fraction of sp³-hybridized carbons (Fsp3) is 0.111. The summed E-state index contributed by atoms with van der Waals surface area (Å²) in [7, 11) is -3.82. The van der Waals surface area contributed by atoms with Crippen molar-refractivity contribution in [2.45, 2.75) is 11.8 Å². The van der Waals surface area contributed by atoms with Crippen LogP contribution >= 0.6 is 0 Å². The molecule has 0 saturated heterocycles. The van der Waals surface area contributed by atoms with Crippen LogP contribution < -0.4 is 15.7 Å². The smallest absolute Gasteiger partial charge is 0.360 e. The summed E-state index contributed by atoms with van der Waals surface area (Å²) in [5.41, 5.74) is 0.557. The van der Waals surface area contributed by atoms with Gasteiger partial charge in [-0.15, -0.1) is 0 Å². The minimum Gasteiger partial charge on any atom is -0.421 e. The van der Waals surface area contributed by atoms with E-state index in [4.69, 9.17) is 4.42 Å². The minimum absolute atomic E-state index is 0.0526. The molecule has 2 N–H and O–H groups in total. The van der Waals surface area contributed by atoms with Crippen molar-refractivity contribution >= 4 is 32.6 Å². The highest BCUT2D eigenvalue weighted by atomic mass is 32.2. The van der Waals surface area contributed by atoms with E-state index in [1.54, 1.807) is 36.4 Å². The van der Waals surface area contributed by atoms with Crippen molar-refractivity contribution in [2.24, 2.45) is 0 Å². The second kappa shape index (κ2) is 7.11. The summed E-state index contributed by atoms with van der Waals surface area (Å²) >= 11 is 0. The Morgan fingerprint density at radius 1 is 1.08 bits per heavy atom. The predicted molar refractivity (Wildman–Crippen MR) is 97.5 cm³/mol. The first-order valence-corrected chi connectivity index (χ1v) is 9.22. The molecule has 26 heavy (non-hydrogen) atoms. The summed E-state index contributed by atoms with van der Waals surface area (Å²) in [6, 6.07) is 14.6. The highest BCUT2D eigenvalue weighted by Crippen LogP contribution is 2.15. The van der Waals surface area contributed by atoms with Crippen molar-refractivity contribution in [1.82, 2.24) is 4.72 Å². The first kappa shape index (κ1) is 17.8. The maximum atomic E-state index is 12.2. The Bertz CT molecular complexity index is 1120. The fourth-order valence-electron chi connectivity index (χ4n) is 2.30. The first-order valence-electron chi connectivity index (χ1n) is 7.74. The fourth-order valence-corrected chi connectivity index (χ4v) is 3.29. The van der Waals surface area contributed by atoms with Crippen LogP contribution in [-0.2, 0) is 14.8 Å². The standard InChI is InChI=1S/C18H16N2O5S/c1-12-6-8-14(9-7-12)26(23,24)19-11-17(21)20-15-10-13-4-2-3-5-16(13)25-18(15)22/h2-10,19H,11H2,1H3,(H,20,21). The van der Waals surface area contributed by atoms with Gasteiger partial charge in [-0.2, -0.15) is 0 Å². The molecule has 1 aromatic heterocycles. The summed E-state index contributed by atoms with van der Waals surface area (Å²) in [5.74, 6) is -0.678. The van der Waals surface area contributed by atoms with Gasteiger partial charge < -0.3 is 9.73 Å². The monoisotopic (exact) mass is 372 g/mol. The van der Waals surface area contributed by atoms with E-state index in [2.05, 4.69) is 10.0 Å². The zero-order valence-electron chi connectivity index (χ0n) is 13.9. The van der Waals surface area contributed by atoms with E-state index >= 15 is 0 Å². The Morgan fingerprint density at radius 3 is 2.50 bits per heavy atom. The molecule has 2 aromatic carbocycles. The third-order valence-electron chi connectivity index (χ3n) is 3.67. The molecule has 3 aromatic rings. The molecule has 0 saturated carbocycles. The van der Waals surface area contributed by atoms with Gasteiger partial charge in [-0.25, -0.2) is 17.9 Å². The topological polar surface area (TPSA) is 105 Å². The Hall–Kier alpha value is -2.97. The second-order valence-corrected chi connectivity index (χ2v) is 7.44. The Labute approximate surface area is 149 Å². The second-order valence-electron chi connectivity index (χ2n) is 5.67. The number of benzene rings is 2. The van der Waals surface area contributed by atoms with E-state index in [9.17, 15) is 18.0 Å². The summed E-state index contributed by atoms with van der Waals surface area (Å²) in [6.45, 7) is 1.33. The normalized spacial score (nSPS) is 11.4. The number of rotatable bonds is 5.